The lowest BCUT2D eigenvalue weighted by Crippen LogP contribution is -2.00. The number of ether oxygens (including phenoxy) is 2. The standard InChI is InChI=1S/C12H18O3/c1-4-10-11(14-5-2)7-9(13)8-12(10)15-6-3/h7-8,13H,4-6H2,1-3H3. The van der Waals surface area contributed by atoms with E-state index in [1.54, 1.807) is 12.1 Å². The molecule has 0 radical (unpaired) electrons. The van der Waals surface area contributed by atoms with E-state index in [2.05, 4.69) is 0 Å². The van der Waals surface area contributed by atoms with Crippen molar-refractivity contribution in [3.8, 4) is 17.2 Å². The monoisotopic (exact) mass is 210 g/mol. The van der Waals surface area contributed by atoms with Crippen LogP contribution in [0.2, 0.25) is 0 Å². The largest absolute Gasteiger partial charge is 0.508 e. The van der Waals surface area contributed by atoms with Gasteiger partial charge >= 0.3 is 0 Å². The van der Waals surface area contributed by atoms with Crippen LogP contribution in [0.1, 0.15) is 26.3 Å². The van der Waals surface area contributed by atoms with Gasteiger partial charge in [0, 0.05) is 17.7 Å². The minimum atomic E-state index is 0.180. The Morgan fingerprint density at radius 1 is 1.00 bits per heavy atom. The van der Waals surface area contributed by atoms with Crippen LogP contribution in [-0.4, -0.2) is 18.3 Å². The van der Waals surface area contributed by atoms with Crippen molar-refractivity contribution in [3.05, 3.63) is 17.7 Å². The zero-order chi connectivity index (χ0) is 11.3. The highest BCUT2D eigenvalue weighted by Crippen LogP contribution is 2.34. The average Bonchev–Trinajstić information content (AvgIpc) is 2.18. The van der Waals surface area contributed by atoms with Gasteiger partial charge in [-0.15, -0.1) is 0 Å². The normalized spacial score (nSPS) is 10.1. The molecule has 0 bridgehead atoms. The van der Waals surface area contributed by atoms with Gasteiger partial charge in [-0.05, 0) is 20.3 Å². The van der Waals surface area contributed by atoms with Gasteiger partial charge in [-0.25, -0.2) is 0 Å². The van der Waals surface area contributed by atoms with E-state index in [1.165, 1.54) is 0 Å². The van der Waals surface area contributed by atoms with E-state index < -0.39 is 0 Å². The summed E-state index contributed by atoms with van der Waals surface area (Å²) in [5.74, 6) is 1.60. The fourth-order valence-corrected chi connectivity index (χ4v) is 1.52. The third-order valence-corrected chi connectivity index (χ3v) is 2.11. The molecule has 1 N–H and O–H groups in total. The SMILES string of the molecule is CCOc1cc(O)cc(OCC)c1CC. The van der Waals surface area contributed by atoms with Crippen molar-refractivity contribution in [2.45, 2.75) is 27.2 Å². The molecule has 0 heterocycles. The van der Waals surface area contributed by atoms with Crippen LogP contribution in [0.4, 0.5) is 0 Å². The van der Waals surface area contributed by atoms with E-state index in [4.69, 9.17) is 9.47 Å². The third-order valence-electron chi connectivity index (χ3n) is 2.11. The molecule has 0 spiro atoms. The summed E-state index contributed by atoms with van der Waals surface area (Å²) in [6, 6.07) is 3.26. The molecule has 0 aliphatic heterocycles. The predicted octanol–water partition coefficient (Wildman–Crippen LogP) is 2.75. The van der Waals surface area contributed by atoms with E-state index in [0.29, 0.717) is 24.7 Å². The molecule has 0 unspecified atom stereocenters. The number of rotatable bonds is 5. The van der Waals surface area contributed by atoms with Crippen LogP contribution in [0.15, 0.2) is 12.1 Å². The van der Waals surface area contributed by atoms with E-state index in [9.17, 15) is 5.11 Å². The molecule has 3 nitrogen and oxygen atoms in total. The number of benzene rings is 1. The Morgan fingerprint density at radius 2 is 1.47 bits per heavy atom. The minimum absolute atomic E-state index is 0.180. The van der Waals surface area contributed by atoms with Crippen LogP contribution in [0.3, 0.4) is 0 Å². The minimum Gasteiger partial charge on any atom is -0.508 e. The molecule has 0 saturated heterocycles. The highest BCUT2D eigenvalue weighted by Gasteiger charge is 2.11. The van der Waals surface area contributed by atoms with Gasteiger partial charge in [-0.3, -0.25) is 0 Å². The molecule has 1 rings (SSSR count). The summed E-state index contributed by atoms with van der Waals surface area (Å²) in [4.78, 5) is 0. The molecule has 1 aromatic carbocycles. The second-order valence-electron chi connectivity index (χ2n) is 3.14. The Labute approximate surface area is 90.6 Å². The lowest BCUT2D eigenvalue weighted by molar-refractivity contribution is 0.313. The number of hydrogen-bond donors (Lipinski definition) is 1. The summed E-state index contributed by atoms with van der Waals surface area (Å²) in [7, 11) is 0. The van der Waals surface area contributed by atoms with Crippen molar-refractivity contribution in [3.63, 3.8) is 0 Å². The first kappa shape index (κ1) is 11.7. The van der Waals surface area contributed by atoms with Gasteiger partial charge in [-0.1, -0.05) is 6.92 Å². The van der Waals surface area contributed by atoms with Gasteiger partial charge in [0.25, 0.3) is 0 Å². The molecule has 3 heteroatoms. The van der Waals surface area contributed by atoms with Gasteiger partial charge in [0.15, 0.2) is 0 Å². The molecule has 0 atom stereocenters. The summed E-state index contributed by atoms with van der Waals surface area (Å²) in [5.41, 5.74) is 1.01. The zero-order valence-electron chi connectivity index (χ0n) is 9.54. The van der Waals surface area contributed by atoms with Crippen molar-refractivity contribution in [2.75, 3.05) is 13.2 Å². The lowest BCUT2D eigenvalue weighted by atomic mass is 10.1. The molecule has 1 aromatic rings. The summed E-state index contributed by atoms with van der Waals surface area (Å²) in [6.07, 6.45) is 0.824. The third kappa shape index (κ3) is 2.78. The van der Waals surface area contributed by atoms with Crippen LogP contribution in [0.5, 0.6) is 17.2 Å². The van der Waals surface area contributed by atoms with E-state index in [-0.39, 0.29) is 5.75 Å². The first-order valence-corrected chi connectivity index (χ1v) is 5.34. The van der Waals surface area contributed by atoms with Gasteiger partial charge in [-0.2, -0.15) is 0 Å². The average molecular weight is 210 g/mol. The highest BCUT2D eigenvalue weighted by atomic mass is 16.5. The van der Waals surface area contributed by atoms with Crippen LogP contribution in [0, 0.1) is 0 Å². The Morgan fingerprint density at radius 3 is 1.80 bits per heavy atom. The van der Waals surface area contributed by atoms with Gasteiger partial charge in [0.05, 0.1) is 13.2 Å². The molecule has 15 heavy (non-hydrogen) atoms. The molecular weight excluding hydrogens is 192 g/mol. The Balaban J connectivity index is 3.12. The van der Waals surface area contributed by atoms with Crippen LogP contribution < -0.4 is 9.47 Å². The van der Waals surface area contributed by atoms with Crippen molar-refractivity contribution in [1.82, 2.24) is 0 Å². The second-order valence-corrected chi connectivity index (χ2v) is 3.14. The maximum atomic E-state index is 9.51. The summed E-state index contributed by atoms with van der Waals surface area (Å²) >= 11 is 0. The topological polar surface area (TPSA) is 38.7 Å². The fourth-order valence-electron chi connectivity index (χ4n) is 1.52. The first-order valence-electron chi connectivity index (χ1n) is 5.34. The van der Waals surface area contributed by atoms with Gasteiger partial charge in [0.1, 0.15) is 17.2 Å². The lowest BCUT2D eigenvalue weighted by Gasteiger charge is -2.14. The second kappa shape index (κ2) is 5.49. The van der Waals surface area contributed by atoms with E-state index in [0.717, 1.165) is 12.0 Å². The molecule has 0 amide bonds. The Bertz CT molecular complexity index is 294. The number of hydrogen-bond acceptors (Lipinski definition) is 3. The quantitative estimate of drug-likeness (QED) is 0.812. The number of phenols is 1. The van der Waals surface area contributed by atoms with Gasteiger partial charge < -0.3 is 14.6 Å². The van der Waals surface area contributed by atoms with Crippen LogP contribution in [-0.2, 0) is 6.42 Å². The van der Waals surface area contributed by atoms with E-state index >= 15 is 0 Å². The summed E-state index contributed by atoms with van der Waals surface area (Å²) in [6.45, 7) is 7.05. The molecule has 0 aliphatic carbocycles. The van der Waals surface area contributed by atoms with E-state index in [1.807, 2.05) is 20.8 Å². The smallest absolute Gasteiger partial charge is 0.129 e. The van der Waals surface area contributed by atoms with Crippen LogP contribution >= 0.6 is 0 Å². The Kier molecular flexibility index (Phi) is 4.28. The Hall–Kier alpha value is -1.38. The van der Waals surface area contributed by atoms with Crippen molar-refractivity contribution < 1.29 is 14.6 Å². The van der Waals surface area contributed by atoms with Crippen molar-refractivity contribution in [1.29, 1.82) is 0 Å². The molecule has 0 aromatic heterocycles. The predicted molar refractivity (Wildman–Crippen MR) is 59.8 cm³/mol. The molecule has 0 aliphatic rings. The zero-order valence-corrected chi connectivity index (χ0v) is 9.54. The molecule has 84 valence electrons. The summed E-state index contributed by atoms with van der Waals surface area (Å²) < 4.78 is 10.9. The van der Waals surface area contributed by atoms with Crippen molar-refractivity contribution >= 4 is 0 Å². The highest BCUT2D eigenvalue weighted by molar-refractivity contribution is 5.50. The fraction of sp³-hybridized carbons (Fsp3) is 0.500. The molecular formula is C12H18O3. The number of phenolic OH excluding ortho intramolecular Hbond substituents is 1. The molecule has 0 saturated carbocycles. The van der Waals surface area contributed by atoms with Crippen molar-refractivity contribution in [2.24, 2.45) is 0 Å². The van der Waals surface area contributed by atoms with Crippen LogP contribution in [0.25, 0.3) is 0 Å². The first-order chi connectivity index (χ1) is 7.22. The van der Waals surface area contributed by atoms with Gasteiger partial charge in [0.2, 0.25) is 0 Å². The maximum absolute atomic E-state index is 9.51. The maximum Gasteiger partial charge on any atom is 0.129 e. The summed E-state index contributed by atoms with van der Waals surface area (Å²) in [5, 5.41) is 9.51. The molecule has 0 fully saturated rings. The number of aromatic hydroxyl groups is 1.